The molecule has 25 heavy (non-hydrogen) atoms. The van der Waals surface area contributed by atoms with Crippen molar-refractivity contribution < 1.29 is 4.79 Å². The van der Waals surface area contributed by atoms with Gasteiger partial charge >= 0.3 is 0 Å². The molecule has 0 fully saturated rings. The Hall–Kier alpha value is -3.12. The standard InChI is InChI=1S/C18H11ClN4O2/c19-13-7-3-1-5-11(13)16(24)9-15-18(25)21-17-12-6-2-4-8-14(12)20-10-23(17)22-15/h1-8,10H,9H2. The highest BCUT2D eigenvalue weighted by atomic mass is 35.5. The summed E-state index contributed by atoms with van der Waals surface area (Å²) in [5.74, 6) is -0.286. The van der Waals surface area contributed by atoms with Gasteiger partial charge in [-0.05, 0) is 24.3 Å². The lowest BCUT2D eigenvalue weighted by Crippen LogP contribution is -2.22. The highest BCUT2D eigenvalue weighted by molar-refractivity contribution is 6.34. The molecule has 2 aromatic carbocycles. The molecule has 2 heterocycles. The predicted molar refractivity (Wildman–Crippen MR) is 94.0 cm³/mol. The van der Waals surface area contributed by atoms with E-state index in [4.69, 9.17) is 11.6 Å². The molecule has 0 atom stereocenters. The average molecular weight is 351 g/mol. The van der Waals surface area contributed by atoms with Crippen LogP contribution in [0.2, 0.25) is 5.02 Å². The third-order valence-corrected chi connectivity index (χ3v) is 4.18. The van der Waals surface area contributed by atoms with Crippen molar-refractivity contribution >= 4 is 33.9 Å². The number of para-hydroxylation sites is 1. The number of benzene rings is 2. The Labute approximate surface area is 146 Å². The Morgan fingerprint density at radius 3 is 2.68 bits per heavy atom. The van der Waals surface area contributed by atoms with Crippen molar-refractivity contribution in [3.63, 3.8) is 0 Å². The number of halogens is 1. The van der Waals surface area contributed by atoms with Crippen molar-refractivity contribution in [3.8, 4) is 0 Å². The Kier molecular flexibility index (Phi) is 3.74. The lowest BCUT2D eigenvalue weighted by atomic mass is 10.1. The number of carbonyl (C=O) groups is 1. The van der Waals surface area contributed by atoms with Crippen LogP contribution < -0.4 is 5.56 Å². The first-order valence-corrected chi connectivity index (χ1v) is 7.92. The van der Waals surface area contributed by atoms with Gasteiger partial charge in [0.1, 0.15) is 12.0 Å². The maximum atomic E-state index is 12.4. The van der Waals surface area contributed by atoms with E-state index in [-0.39, 0.29) is 17.9 Å². The number of hydrogen-bond acceptors (Lipinski definition) is 5. The van der Waals surface area contributed by atoms with E-state index >= 15 is 0 Å². The lowest BCUT2D eigenvalue weighted by Gasteiger charge is -2.06. The van der Waals surface area contributed by atoms with Crippen LogP contribution in [0.5, 0.6) is 0 Å². The summed E-state index contributed by atoms with van der Waals surface area (Å²) in [7, 11) is 0. The normalized spacial score (nSPS) is 11.1. The number of hydrogen-bond donors (Lipinski definition) is 0. The first kappa shape index (κ1) is 15.4. The Bertz CT molecular complexity index is 1190. The molecule has 7 heteroatoms. The van der Waals surface area contributed by atoms with E-state index in [1.807, 2.05) is 24.3 Å². The minimum absolute atomic E-state index is 0.0551. The van der Waals surface area contributed by atoms with Crippen molar-refractivity contribution in [1.82, 2.24) is 19.6 Å². The van der Waals surface area contributed by atoms with E-state index in [9.17, 15) is 9.59 Å². The summed E-state index contributed by atoms with van der Waals surface area (Å²) in [4.78, 5) is 33.1. The van der Waals surface area contributed by atoms with Crippen LogP contribution in [0.15, 0.2) is 59.7 Å². The van der Waals surface area contributed by atoms with Gasteiger partial charge in [0.05, 0.1) is 17.0 Å². The van der Waals surface area contributed by atoms with Gasteiger partial charge in [-0.15, -0.1) is 0 Å². The van der Waals surface area contributed by atoms with Crippen molar-refractivity contribution in [1.29, 1.82) is 0 Å². The van der Waals surface area contributed by atoms with Crippen LogP contribution in [-0.4, -0.2) is 25.4 Å². The van der Waals surface area contributed by atoms with Crippen LogP contribution in [0.4, 0.5) is 0 Å². The predicted octanol–water partition coefficient (Wildman–Crippen LogP) is 2.72. The summed E-state index contributed by atoms with van der Waals surface area (Å²) in [5, 5.41) is 5.30. The Balaban J connectivity index is 1.80. The number of Topliss-reactive ketones (excluding diaryl/α,β-unsaturated/α-hetero) is 1. The van der Waals surface area contributed by atoms with Crippen molar-refractivity contribution in [2.24, 2.45) is 0 Å². The second kappa shape index (κ2) is 6.07. The van der Waals surface area contributed by atoms with Gasteiger partial charge in [0.25, 0.3) is 5.56 Å². The van der Waals surface area contributed by atoms with E-state index in [1.54, 1.807) is 24.3 Å². The summed E-state index contributed by atoms with van der Waals surface area (Å²) >= 11 is 6.04. The molecule has 122 valence electrons. The molecule has 0 unspecified atom stereocenters. The molecular formula is C18H11ClN4O2. The number of fused-ring (bicyclic) bond motifs is 3. The zero-order valence-electron chi connectivity index (χ0n) is 12.9. The van der Waals surface area contributed by atoms with Crippen LogP contribution in [-0.2, 0) is 6.42 Å². The molecule has 0 amide bonds. The summed E-state index contributed by atoms with van der Waals surface area (Å²) in [6.45, 7) is 0. The quantitative estimate of drug-likeness (QED) is 0.419. The second-order valence-electron chi connectivity index (χ2n) is 5.47. The number of carbonyl (C=O) groups excluding carboxylic acids is 1. The van der Waals surface area contributed by atoms with Gasteiger partial charge in [-0.25, -0.2) is 9.50 Å². The van der Waals surface area contributed by atoms with E-state index in [0.717, 1.165) is 10.9 Å². The first-order chi connectivity index (χ1) is 12.1. The van der Waals surface area contributed by atoms with Crippen LogP contribution >= 0.6 is 11.6 Å². The molecule has 0 N–H and O–H groups in total. The van der Waals surface area contributed by atoms with Gasteiger partial charge in [0.2, 0.25) is 0 Å². The SMILES string of the molecule is O=C(Cc1nn2cnc3ccccc3c2nc1=O)c1ccccc1Cl. The molecule has 0 spiro atoms. The third-order valence-electron chi connectivity index (χ3n) is 3.85. The molecule has 0 aliphatic rings. The fourth-order valence-electron chi connectivity index (χ4n) is 2.63. The first-order valence-electron chi connectivity index (χ1n) is 7.54. The highest BCUT2D eigenvalue weighted by Gasteiger charge is 2.16. The van der Waals surface area contributed by atoms with Crippen LogP contribution in [0.1, 0.15) is 16.1 Å². The van der Waals surface area contributed by atoms with Gasteiger partial charge in [-0.3, -0.25) is 9.59 Å². The molecular weight excluding hydrogens is 340 g/mol. The lowest BCUT2D eigenvalue weighted by molar-refractivity contribution is 0.0991. The minimum atomic E-state index is -0.531. The maximum Gasteiger partial charge on any atom is 0.295 e. The Morgan fingerprint density at radius 2 is 1.84 bits per heavy atom. The van der Waals surface area contributed by atoms with E-state index in [0.29, 0.717) is 16.2 Å². The zero-order valence-corrected chi connectivity index (χ0v) is 13.6. The monoisotopic (exact) mass is 350 g/mol. The molecule has 0 aliphatic heterocycles. The molecule has 4 aromatic rings. The van der Waals surface area contributed by atoms with Crippen molar-refractivity contribution in [3.05, 3.63) is 81.5 Å². The Morgan fingerprint density at radius 1 is 1.08 bits per heavy atom. The number of ketones is 1. The summed E-state index contributed by atoms with van der Waals surface area (Å²) in [5.41, 5.74) is 1.00. The third kappa shape index (κ3) is 2.77. The number of aromatic nitrogens is 4. The maximum absolute atomic E-state index is 12.4. The molecule has 0 saturated carbocycles. The largest absolute Gasteiger partial charge is 0.295 e. The zero-order chi connectivity index (χ0) is 17.4. The molecule has 2 aromatic heterocycles. The van der Waals surface area contributed by atoms with Gasteiger partial charge < -0.3 is 0 Å². The fraction of sp³-hybridized carbons (Fsp3) is 0.0556. The van der Waals surface area contributed by atoms with Crippen molar-refractivity contribution in [2.45, 2.75) is 6.42 Å². The molecule has 0 radical (unpaired) electrons. The van der Waals surface area contributed by atoms with Crippen LogP contribution in [0, 0.1) is 0 Å². The van der Waals surface area contributed by atoms with Gasteiger partial charge in [0.15, 0.2) is 11.4 Å². The highest BCUT2D eigenvalue weighted by Crippen LogP contribution is 2.17. The molecule has 6 nitrogen and oxygen atoms in total. The minimum Gasteiger partial charge on any atom is -0.294 e. The fourth-order valence-corrected chi connectivity index (χ4v) is 2.88. The van der Waals surface area contributed by atoms with Gasteiger partial charge in [-0.1, -0.05) is 35.9 Å². The average Bonchev–Trinajstić information content (AvgIpc) is 2.62. The van der Waals surface area contributed by atoms with Crippen molar-refractivity contribution in [2.75, 3.05) is 0 Å². The number of nitrogens with zero attached hydrogens (tertiary/aromatic N) is 4. The van der Waals surface area contributed by atoms with E-state index in [2.05, 4.69) is 15.1 Å². The molecule has 0 aliphatic carbocycles. The van der Waals surface area contributed by atoms with E-state index < -0.39 is 5.56 Å². The smallest absolute Gasteiger partial charge is 0.294 e. The van der Waals surface area contributed by atoms with Crippen LogP contribution in [0.25, 0.3) is 16.6 Å². The molecule has 4 rings (SSSR count). The van der Waals surface area contributed by atoms with Gasteiger partial charge in [-0.2, -0.15) is 10.1 Å². The van der Waals surface area contributed by atoms with E-state index in [1.165, 1.54) is 10.8 Å². The number of rotatable bonds is 3. The second-order valence-corrected chi connectivity index (χ2v) is 5.88. The topological polar surface area (TPSA) is 77.2 Å². The molecule has 0 saturated heterocycles. The van der Waals surface area contributed by atoms with Crippen LogP contribution in [0.3, 0.4) is 0 Å². The summed E-state index contributed by atoms with van der Waals surface area (Å²) in [6, 6.07) is 14.0. The molecule has 0 bridgehead atoms. The summed E-state index contributed by atoms with van der Waals surface area (Å²) in [6.07, 6.45) is 1.30. The van der Waals surface area contributed by atoms with Gasteiger partial charge in [0, 0.05) is 10.9 Å². The summed E-state index contributed by atoms with van der Waals surface area (Å²) < 4.78 is 1.42.